The van der Waals surface area contributed by atoms with Gasteiger partial charge in [0.05, 0.1) is 16.4 Å². The molecule has 0 atom stereocenters. The first-order chi connectivity index (χ1) is 9.66. The second-order valence-corrected chi connectivity index (χ2v) is 6.26. The smallest absolute Gasteiger partial charge is 0.270 e. The van der Waals surface area contributed by atoms with E-state index in [-0.39, 0.29) is 11.6 Å². The maximum absolute atomic E-state index is 12.6. The van der Waals surface area contributed by atoms with Crippen molar-refractivity contribution in [3.8, 4) is 0 Å². The van der Waals surface area contributed by atoms with Crippen molar-refractivity contribution in [3.05, 3.63) is 33.9 Å². The van der Waals surface area contributed by atoms with E-state index in [1.165, 1.54) is 31.4 Å². The molecule has 0 radical (unpaired) electrons. The monoisotopic (exact) mass is 292 g/mol. The topological polar surface area (TPSA) is 63.4 Å². The number of carbonyl (C=O) groups excluding carboxylic acids is 1. The molecule has 106 valence electrons. The summed E-state index contributed by atoms with van der Waals surface area (Å²) in [6, 6.07) is 4.87. The number of rotatable bonds is 2. The molecule has 2 aliphatic rings. The number of fused-ring (bicyclic) bond motifs is 1. The summed E-state index contributed by atoms with van der Waals surface area (Å²) < 4.78 is 0. The lowest BCUT2D eigenvalue weighted by Gasteiger charge is -2.37. The first-order valence-corrected chi connectivity index (χ1v) is 7.87. The SMILES string of the molecule is O=C1c2cc([N+](=O)[O-])ccc2SCN1C1CCCCC1. The molecule has 1 saturated carbocycles. The number of thioether (sulfide) groups is 1. The van der Waals surface area contributed by atoms with Gasteiger partial charge in [0.15, 0.2) is 0 Å². The number of nitro groups is 1. The van der Waals surface area contributed by atoms with E-state index in [4.69, 9.17) is 0 Å². The maximum atomic E-state index is 12.6. The third kappa shape index (κ3) is 2.40. The van der Waals surface area contributed by atoms with E-state index in [9.17, 15) is 14.9 Å². The van der Waals surface area contributed by atoms with Crippen molar-refractivity contribution < 1.29 is 9.72 Å². The summed E-state index contributed by atoms with van der Waals surface area (Å²) in [5.41, 5.74) is 0.476. The number of nitrogens with zero attached hydrogens (tertiary/aromatic N) is 2. The fourth-order valence-corrected chi connectivity index (χ4v) is 4.01. The predicted octanol–water partition coefficient (Wildman–Crippen LogP) is 3.43. The van der Waals surface area contributed by atoms with Crippen LogP contribution in [0, 0.1) is 10.1 Å². The first kappa shape index (κ1) is 13.4. The fourth-order valence-electron chi connectivity index (χ4n) is 2.94. The fraction of sp³-hybridized carbons (Fsp3) is 0.500. The van der Waals surface area contributed by atoms with Gasteiger partial charge in [-0.15, -0.1) is 11.8 Å². The second kappa shape index (κ2) is 5.44. The minimum absolute atomic E-state index is 0.0109. The van der Waals surface area contributed by atoms with Crippen LogP contribution >= 0.6 is 11.8 Å². The Labute approximate surface area is 121 Å². The molecule has 20 heavy (non-hydrogen) atoms. The Bertz CT molecular complexity index is 555. The number of carbonyl (C=O) groups is 1. The molecule has 6 heteroatoms. The summed E-state index contributed by atoms with van der Waals surface area (Å²) in [5.74, 6) is 0.614. The van der Waals surface area contributed by atoms with Crippen molar-refractivity contribution in [2.75, 3.05) is 5.88 Å². The molecule has 3 rings (SSSR count). The molecular weight excluding hydrogens is 276 g/mol. The van der Waals surface area contributed by atoms with E-state index in [1.807, 2.05) is 4.90 Å². The van der Waals surface area contributed by atoms with Gasteiger partial charge in [0, 0.05) is 23.1 Å². The van der Waals surface area contributed by atoms with Gasteiger partial charge in [-0.1, -0.05) is 19.3 Å². The summed E-state index contributed by atoms with van der Waals surface area (Å²) in [6.07, 6.45) is 5.68. The van der Waals surface area contributed by atoms with Gasteiger partial charge in [-0.25, -0.2) is 0 Å². The van der Waals surface area contributed by atoms with Crippen molar-refractivity contribution in [2.45, 2.75) is 43.0 Å². The molecule has 0 unspecified atom stereocenters. The van der Waals surface area contributed by atoms with Crippen LogP contribution in [0.2, 0.25) is 0 Å². The molecule has 0 N–H and O–H groups in total. The Hall–Kier alpha value is -1.56. The Morgan fingerprint density at radius 2 is 2.00 bits per heavy atom. The van der Waals surface area contributed by atoms with E-state index >= 15 is 0 Å². The predicted molar refractivity (Wildman–Crippen MR) is 76.9 cm³/mol. The van der Waals surface area contributed by atoms with E-state index < -0.39 is 4.92 Å². The molecule has 1 aliphatic carbocycles. The van der Waals surface area contributed by atoms with E-state index in [0.717, 1.165) is 17.7 Å². The zero-order valence-corrected chi connectivity index (χ0v) is 11.9. The van der Waals surface area contributed by atoms with Gasteiger partial charge >= 0.3 is 0 Å². The molecule has 0 spiro atoms. The Morgan fingerprint density at radius 1 is 1.25 bits per heavy atom. The number of amides is 1. The molecule has 5 nitrogen and oxygen atoms in total. The summed E-state index contributed by atoms with van der Waals surface area (Å²) >= 11 is 1.60. The Morgan fingerprint density at radius 3 is 2.70 bits per heavy atom. The molecule has 1 aliphatic heterocycles. The standard InChI is InChI=1S/C14H16N2O3S/c17-14-12-8-11(16(18)19)6-7-13(12)20-9-15(14)10-4-2-1-3-5-10/h6-8,10H,1-5,9H2. The molecular formula is C14H16N2O3S. The van der Waals surface area contributed by atoms with Gasteiger partial charge in [0.25, 0.3) is 11.6 Å². The average molecular weight is 292 g/mol. The number of benzene rings is 1. The van der Waals surface area contributed by atoms with E-state index in [0.29, 0.717) is 17.5 Å². The van der Waals surface area contributed by atoms with Crippen LogP contribution in [0.4, 0.5) is 5.69 Å². The average Bonchev–Trinajstić information content (AvgIpc) is 2.48. The lowest BCUT2D eigenvalue weighted by molar-refractivity contribution is -0.384. The summed E-state index contributed by atoms with van der Waals surface area (Å²) in [7, 11) is 0. The maximum Gasteiger partial charge on any atom is 0.270 e. The molecule has 1 heterocycles. The van der Waals surface area contributed by atoms with Crippen LogP contribution in [0.1, 0.15) is 42.5 Å². The van der Waals surface area contributed by atoms with Gasteiger partial charge in [0.2, 0.25) is 0 Å². The molecule has 0 aromatic heterocycles. The highest BCUT2D eigenvalue weighted by Gasteiger charge is 2.32. The minimum atomic E-state index is -0.447. The van der Waals surface area contributed by atoms with Crippen molar-refractivity contribution in [3.63, 3.8) is 0 Å². The lowest BCUT2D eigenvalue weighted by atomic mass is 9.94. The van der Waals surface area contributed by atoms with E-state index in [1.54, 1.807) is 17.8 Å². The normalized spacial score (nSPS) is 19.8. The largest absolute Gasteiger partial charge is 0.326 e. The molecule has 1 aromatic carbocycles. The van der Waals surface area contributed by atoms with Gasteiger partial charge in [-0.2, -0.15) is 0 Å². The quantitative estimate of drug-likeness (QED) is 0.619. The highest BCUT2D eigenvalue weighted by atomic mass is 32.2. The zero-order chi connectivity index (χ0) is 14.1. The summed E-state index contributed by atoms with van der Waals surface area (Å²) in [6.45, 7) is 0. The minimum Gasteiger partial charge on any atom is -0.326 e. The van der Waals surface area contributed by atoms with Crippen molar-refractivity contribution in [1.29, 1.82) is 0 Å². The van der Waals surface area contributed by atoms with Gasteiger partial charge < -0.3 is 4.90 Å². The van der Waals surface area contributed by atoms with Crippen molar-refractivity contribution in [2.24, 2.45) is 0 Å². The number of nitro benzene ring substituents is 1. The first-order valence-electron chi connectivity index (χ1n) is 6.89. The molecule has 1 amide bonds. The van der Waals surface area contributed by atoms with Crippen molar-refractivity contribution in [1.82, 2.24) is 4.90 Å². The molecule has 1 fully saturated rings. The number of hydrogen-bond acceptors (Lipinski definition) is 4. The van der Waals surface area contributed by atoms with Crippen molar-refractivity contribution >= 4 is 23.4 Å². The third-order valence-electron chi connectivity index (χ3n) is 4.04. The number of hydrogen-bond donors (Lipinski definition) is 0. The third-order valence-corrected chi connectivity index (χ3v) is 5.11. The molecule has 0 saturated heterocycles. The van der Waals surface area contributed by atoms with Gasteiger partial charge in [-0.05, 0) is 18.9 Å². The highest BCUT2D eigenvalue weighted by molar-refractivity contribution is 7.99. The Kier molecular flexibility index (Phi) is 3.65. The van der Waals surface area contributed by atoms with Crippen LogP contribution in [-0.2, 0) is 0 Å². The van der Waals surface area contributed by atoms with E-state index in [2.05, 4.69) is 0 Å². The van der Waals surface area contributed by atoms with Crippen LogP contribution < -0.4 is 0 Å². The van der Waals surface area contributed by atoms with Crippen LogP contribution in [0.5, 0.6) is 0 Å². The van der Waals surface area contributed by atoms with Gasteiger partial charge in [0.1, 0.15) is 0 Å². The highest BCUT2D eigenvalue weighted by Crippen LogP contribution is 2.36. The second-order valence-electron chi connectivity index (χ2n) is 5.28. The summed E-state index contributed by atoms with van der Waals surface area (Å²) in [5, 5.41) is 10.9. The van der Waals surface area contributed by atoms with Crippen LogP contribution in [0.15, 0.2) is 23.1 Å². The van der Waals surface area contributed by atoms with Crippen LogP contribution in [-0.4, -0.2) is 27.6 Å². The van der Waals surface area contributed by atoms with Crippen LogP contribution in [0.3, 0.4) is 0 Å². The Balaban J connectivity index is 1.88. The lowest BCUT2D eigenvalue weighted by Crippen LogP contribution is -2.43. The molecule has 0 bridgehead atoms. The summed E-state index contributed by atoms with van der Waals surface area (Å²) in [4.78, 5) is 25.7. The molecule has 1 aromatic rings. The van der Waals surface area contributed by atoms with Gasteiger partial charge in [-0.3, -0.25) is 14.9 Å². The van der Waals surface area contributed by atoms with Crippen LogP contribution in [0.25, 0.3) is 0 Å². The zero-order valence-electron chi connectivity index (χ0n) is 11.1. The number of non-ortho nitro benzene ring substituents is 1.